The van der Waals surface area contributed by atoms with Gasteiger partial charge in [-0.05, 0) is 0 Å². The van der Waals surface area contributed by atoms with Gasteiger partial charge in [0.05, 0.1) is 0 Å². The fraction of sp³-hybridized carbons (Fsp3) is 0.333. The van der Waals surface area contributed by atoms with E-state index in [1.165, 1.54) is 0 Å². The van der Waals surface area contributed by atoms with Gasteiger partial charge in [-0.2, -0.15) is 0 Å². The Labute approximate surface area is 67.6 Å². The molecular formula is C6H7N2OSe. The van der Waals surface area contributed by atoms with Crippen LogP contribution in [0.15, 0.2) is 17.6 Å². The van der Waals surface area contributed by atoms with Crippen molar-refractivity contribution in [1.29, 1.82) is 0 Å². The molecule has 0 saturated heterocycles. The van der Waals surface area contributed by atoms with E-state index in [0.29, 0.717) is 11.3 Å². The van der Waals surface area contributed by atoms with E-state index in [0.717, 1.165) is 0 Å². The van der Waals surface area contributed by atoms with E-state index < -0.39 is 0 Å². The van der Waals surface area contributed by atoms with Gasteiger partial charge in [-0.1, -0.05) is 0 Å². The van der Waals surface area contributed by atoms with Crippen molar-refractivity contribution in [3.8, 4) is 0 Å². The number of rotatable bonds is 2. The normalized spacial score (nSPS) is 17.4. The van der Waals surface area contributed by atoms with E-state index in [1.807, 2.05) is 0 Å². The second-order valence-electron chi connectivity index (χ2n) is 1.89. The van der Waals surface area contributed by atoms with E-state index in [-0.39, 0.29) is 12.5 Å². The summed E-state index contributed by atoms with van der Waals surface area (Å²) in [5, 5.41) is 0. The van der Waals surface area contributed by atoms with E-state index in [4.69, 9.17) is 0 Å². The zero-order chi connectivity index (χ0) is 7.56. The third-order valence-electron chi connectivity index (χ3n) is 1.19. The summed E-state index contributed by atoms with van der Waals surface area (Å²) in [5.41, 5.74) is 0. The predicted octanol–water partition coefficient (Wildman–Crippen LogP) is -0.461. The van der Waals surface area contributed by atoms with Crippen molar-refractivity contribution in [2.24, 2.45) is 4.99 Å². The Bertz CT molecular complexity index is 200. The molecule has 0 N–H and O–H groups in total. The molecule has 1 heterocycles. The molecule has 0 aromatic heterocycles. The molecule has 53 valence electrons. The molecule has 4 heteroatoms. The van der Waals surface area contributed by atoms with Crippen molar-refractivity contribution in [3.63, 3.8) is 0 Å². The first-order valence-electron chi connectivity index (χ1n) is 2.88. The van der Waals surface area contributed by atoms with Crippen LogP contribution in [-0.2, 0) is 4.79 Å². The zero-order valence-corrected chi connectivity index (χ0v) is 7.12. The molecule has 1 amide bonds. The van der Waals surface area contributed by atoms with Crippen LogP contribution in [0.5, 0.6) is 0 Å². The molecule has 0 aromatic rings. The van der Waals surface area contributed by atoms with Crippen LogP contribution in [0.4, 0.5) is 0 Å². The summed E-state index contributed by atoms with van der Waals surface area (Å²) in [7, 11) is 0. The fourth-order valence-corrected chi connectivity index (χ4v) is 1.23. The number of carbonyl (C=O) groups is 1. The first-order chi connectivity index (χ1) is 4.75. The minimum absolute atomic E-state index is 0.0358. The molecule has 1 rings (SSSR count). The number of nitrogens with zero attached hydrogens (tertiary/aromatic N) is 2. The quantitative estimate of drug-likeness (QED) is 0.440. The molecule has 0 bridgehead atoms. The van der Waals surface area contributed by atoms with Crippen molar-refractivity contribution in [2.45, 2.75) is 0 Å². The zero-order valence-electron chi connectivity index (χ0n) is 5.41. The number of aliphatic imine (C=N–C) groups is 1. The summed E-state index contributed by atoms with van der Waals surface area (Å²) in [4.78, 5) is 16.4. The van der Waals surface area contributed by atoms with Gasteiger partial charge in [-0.3, -0.25) is 0 Å². The Morgan fingerprint density at radius 3 is 3.00 bits per heavy atom. The number of carbonyl (C=O) groups excluding carboxylic acids is 1. The summed E-state index contributed by atoms with van der Waals surface area (Å²) in [6.07, 6.45) is 1.68. The molecule has 0 aromatic carbocycles. The molecule has 1 aliphatic heterocycles. The third-order valence-corrected chi connectivity index (χ3v) is 1.93. The van der Waals surface area contributed by atoms with Crippen molar-refractivity contribution >= 4 is 26.7 Å². The first kappa shape index (κ1) is 7.51. The van der Waals surface area contributed by atoms with E-state index in [1.54, 1.807) is 11.0 Å². The molecule has 0 aliphatic carbocycles. The van der Waals surface area contributed by atoms with Gasteiger partial charge in [0.25, 0.3) is 0 Å². The molecule has 1 aliphatic rings. The van der Waals surface area contributed by atoms with Crippen LogP contribution in [0.25, 0.3) is 0 Å². The van der Waals surface area contributed by atoms with Gasteiger partial charge in [0.15, 0.2) is 0 Å². The molecule has 0 spiro atoms. The van der Waals surface area contributed by atoms with Gasteiger partial charge < -0.3 is 0 Å². The number of hydrogen-bond acceptors (Lipinski definition) is 2. The molecule has 0 fully saturated rings. The van der Waals surface area contributed by atoms with Crippen LogP contribution in [0.1, 0.15) is 0 Å². The van der Waals surface area contributed by atoms with Crippen molar-refractivity contribution in [3.05, 3.63) is 12.7 Å². The number of amidine groups is 1. The van der Waals surface area contributed by atoms with Gasteiger partial charge in [0, 0.05) is 0 Å². The molecule has 1 radical (unpaired) electrons. The van der Waals surface area contributed by atoms with Crippen LogP contribution in [0, 0.1) is 0 Å². The van der Waals surface area contributed by atoms with Gasteiger partial charge >= 0.3 is 67.1 Å². The average Bonchev–Trinajstić information content (AvgIpc) is 2.20. The minimum atomic E-state index is 0.0358. The fourth-order valence-electron chi connectivity index (χ4n) is 0.722. The molecule has 3 nitrogen and oxygen atoms in total. The molecule has 0 atom stereocenters. The van der Waals surface area contributed by atoms with Crippen molar-refractivity contribution in [2.75, 3.05) is 13.1 Å². The maximum absolute atomic E-state index is 10.9. The number of hydrogen-bond donors (Lipinski definition) is 0. The Morgan fingerprint density at radius 2 is 2.60 bits per heavy atom. The van der Waals surface area contributed by atoms with Gasteiger partial charge in [0.1, 0.15) is 0 Å². The second kappa shape index (κ2) is 2.99. The Morgan fingerprint density at radius 1 is 1.90 bits per heavy atom. The molecule has 0 saturated carbocycles. The van der Waals surface area contributed by atoms with Crippen LogP contribution in [0.2, 0.25) is 0 Å². The third kappa shape index (κ3) is 1.28. The molecular weight excluding hydrogens is 195 g/mol. The van der Waals surface area contributed by atoms with Crippen LogP contribution < -0.4 is 0 Å². The summed E-state index contributed by atoms with van der Waals surface area (Å²) in [6, 6.07) is 0. The van der Waals surface area contributed by atoms with Crippen LogP contribution in [0.3, 0.4) is 0 Å². The standard InChI is InChI=1S/C6H7N2OSe/c1-2-3-8-5(9)4-7-6(8)10/h2H,1,3-4H2. The van der Waals surface area contributed by atoms with Crippen LogP contribution in [-0.4, -0.2) is 44.6 Å². The summed E-state index contributed by atoms with van der Waals surface area (Å²) < 4.78 is 0.671. The number of amides is 1. The van der Waals surface area contributed by atoms with E-state index in [2.05, 4.69) is 27.6 Å². The second-order valence-corrected chi connectivity index (χ2v) is 2.66. The van der Waals surface area contributed by atoms with Gasteiger partial charge in [-0.15, -0.1) is 0 Å². The monoisotopic (exact) mass is 203 g/mol. The Hall–Kier alpha value is -0.601. The Balaban J connectivity index is 2.64. The Kier molecular flexibility index (Phi) is 2.25. The average molecular weight is 202 g/mol. The summed E-state index contributed by atoms with van der Waals surface area (Å²) in [5.74, 6) is 0.0358. The maximum atomic E-state index is 10.9. The molecule has 0 unspecified atom stereocenters. The summed E-state index contributed by atoms with van der Waals surface area (Å²) in [6.45, 7) is 4.35. The van der Waals surface area contributed by atoms with E-state index in [9.17, 15) is 4.79 Å². The SMILES string of the molecule is C=CCN1C(=O)CN=C1[Se]. The van der Waals surface area contributed by atoms with Crippen LogP contribution >= 0.6 is 0 Å². The summed E-state index contributed by atoms with van der Waals surface area (Å²) >= 11 is 2.71. The topological polar surface area (TPSA) is 32.7 Å². The molecule has 10 heavy (non-hydrogen) atoms. The first-order valence-corrected chi connectivity index (χ1v) is 3.74. The predicted molar refractivity (Wildman–Crippen MR) is 40.0 cm³/mol. The van der Waals surface area contributed by atoms with Gasteiger partial charge in [-0.25, -0.2) is 0 Å². The van der Waals surface area contributed by atoms with Crippen molar-refractivity contribution < 1.29 is 4.79 Å². The van der Waals surface area contributed by atoms with Crippen molar-refractivity contribution in [1.82, 2.24) is 4.90 Å². The van der Waals surface area contributed by atoms with Gasteiger partial charge in [0.2, 0.25) is 0 Å². The van der Waals surface area contributed by atoms with E-state index >= 15 is 0 Å².